The summed E-state index contributed by atoms with van der Waals surface area (Å²) in [7, 11) is 1.51. The molecule has 30 heavy (non-hydrogen) atoms. The average Bonchev–Trinajstić information content (AvgIpc) is 3.24. The van der Waals surface area contributed by atoms with Gasteiger partial charge in [-0.1, -0.05) is 71.6 Å². The van der Waals surface area contributed by atoms with Gasteiger partial charge in [-0.3, -0.25) is 14.9 Å². The summed E-state index contributed by atoms with van der Waals surface area (Å²) in [5, 5.41) is 13.3. The van der Waals surface area contributed by atoms with Gasteiger partial charge in [0.15, 0.2) is 10.1 Å². The van der Waals surface area contributed by atoms with Gasteiger partial charge >= 0.3 is 0 Å². The van der Waals surface area contributed by atoms with Gasteiger partial charge in [0, 0.05) is 5.56 Å². The number of Topliss-reactive ketones (excluding diaryl/α,β-unsaturated/α-hetero) is 1. The number of hydrogen-bond donors (Lipinski definition) is 1. The molecule has 0 bridgehead atoms. The Morgan fingerprint density at radius 3 is 2.60 bits per heavy atom. The highest BCUT2D eigenvalue weighted by Crippen LogP contribution is 2.27. The van der Waals surface area contributed by atoms with Crippen molar-refractivity contribution >= 4 is 50.7 Å². The minimum atomic E-state index is -0.326. The van der Waals surface area contributed by atoms with Crippen LogP contribution in [-0.4, -0.2) is 34.8 Å². The van der Waals surface area contributed by atoms with Crippen LogP contribution < -0.4 is 10.1 Å². The van der Waals surface area contributed by atoms with E-state index in [1.54, 1.807) is 24.3 Å². The highest BCUT2D eigenvalue weighted by molar-refractivity contribution is 8.01. The maximum Gasteiger partial charge on any atom is 0.261 e. The maximum atomic E-state index is 12.6. The van der Waals surface area contributed by atoms with E-state index in [9.17, 15) is 9.59 Å². The molecular weight excluding hydrogens is 418 g/mol. The third-order valence-corrected chi connectivity index (χ3v) is 6.35. The Morgan fingerprint density at radius 2 is 1.77 bits per heavy atom. The summed E-state index contributed by atoms with van der Waals surface area (Å²) in [6, 6.07) is 20.6. The van der Waals surface area contributed by atoms with E-state index in [-0.39, 0.29) is 17.4 Å². The number of rotatable bonds is 7. The third-order valence-electron chi connectivity index (χ3n) is 4.38. The van der Waals surface area contributed by atoms with Crippen LogP contribution in [0.15, 0.2) is 71.1 Å². The van der Waals surface area contributed by atoms with E-state index in [1.807, 2.05) is 42.5 Å². The van der Waals surface area contributed by atoms with Gasteiger partial charge in [-0.05, 0) is 29.0 Å². The van der Waals surface area contributed by atoms with Gasteiger partial charge in [0.25, 0.3) is 5.91 Å². The Hall–Kier alpha value is -3.23. The molecular formula is C22H17N3O3S2. The monoisotopic (exact) mass is 435 g/mol. The molecule has 8 heteroatoms. The number of benzene rings is 3. The highest BCUT2D eigenvalue weighted by Gasteiger charge is 2.15. The van der Waals surface area contributed by atoms with Crippen LogP contribution in [0.1, 0.15) is 20.7 Å². The molecule has 3 aromatic carbocycles. The summed E-state index contributed by atoms with van der Waals surface area (Å²) in [6.45, 7) is 0. The normalized spacial score (nSPS) is 10.7. The van der Waals surface area contributed by atoms with Crippen LogP contribution in [0, 0.1) is 0 Å². The molecule has 0 spiro atoms. The van der Waals surface area contributed by atoms with Crippen molar-refractivity contribution in [2.24, 2.45) is 0 Å². The van der Waals surface area contributed by atoms with Crippen LogP contribution in [-0.2, 0) is 0 Å². The molecule has 4 aromatic rings. The zero-order valence-corrected chi connectivity index (χ0v) is 17.6. The van der Waals surface area contributed by atoms with E-state index < -0.39 is 0 Å². The van der Waals surface area contributed by atoms with Crippen molar-refractivity contribution in [3.63, 3.8) is 0 Å². The number of anilines is 1. The number of hydrogen-bond acceptors (Lipinski definition) is 7. The molecule has 4 rings (SSSR count). The number of ether oxygens (including phenoxy) is 1. The van der Waals surface area contributed by atoms with Gasteiger partial charge in [0.05, 0.1) is 18.4 Å². The second kappa shape index (κ2) is 9.06. The van der Waals surface area contributed by atoms with E-state index in [0.717, 1.165) is 10.8 Å². The van der Waals surface area contributed by atoms with Gasteiger partial charge < -0.3 is 4.74 Å². The van der Waals surface area contributed by atoms with Crippen LogP contribution >= 0.6 is 23.1 Å². The maximum absolute atomic E-state index is 12.6. The smallest absolute Gasteiger partial charge is 0.261 e. The van der Waals surface area contributed by atoms with Crippen LogP contribution in [0.4, 0.5) is 5.13 Å². The lowest BCUT2D eigenvalue weighted by molar-refractivity contribution is 0.101. The minimum Gasteiger partial charge on any atom is -0.496 e. The summed E-state index contributed by atoms with van der Waals surface area (Å²) in [5.74, 6) is 0.413. The van der Waals surface area contributed by atoms with Gasteiger partial charge in [-0.2, -0.15) is 0 Å². The Labute approximate surface area is 181 Å². The summed E-state index contributed by atoms with van der Waals surface area (Å²) in [5.41, 5.74) is 1.08. The second-order valence-corrected chi connectivity index (χ2v) is 8.50. The number of aromatic nitrogens is 2. The van der Waals surface area contributed by atoms with Gasteiger partial charge in [0.2, 0.25) is 5.13 Å². The van der Waals surface area contributed by atoms with Crippen molar-refractivity contribution in [3.05, 3.63) is 77.9 Å². The van der Waals surface area contributed by atoms with E-state index in [1.165, 1.54) is 30.2 Å². The largest absolute Gasteiger partial charge is 0.496 e. The first-order valence-corrected chi connectivity index (χ1v) is 10.9. The topological polar surface area (TPSA) is 81.2 Å². The SMILES string of the molecule is COc1ccccc1C(=O)Nc1nnc(SCC(=O)c2ccc3ccccc3c2)s1. The molecule has 0 atom stereocenters. The zero-order valence-electron chi connectivity index (χ0n) is 16.0. The molecule has 0 aliphatic heterocycles. The first kappa shape index (κ1) is 20.1. The lowest BCUT2D eigenvalue weighted by atomic mass is 10.1. The number of ketones is 1. The molecule has 0 saturated carbocycles. The Balaban J connectivity index is 1.38. The fraction of sp³-hybridized carbons (Fsp3) is 0.0909. The standard InChI is InChI=1S/C22H17N3O3S2/c1-28-19-9-5-4-8-17(19)20(27)23-21-24-25-22(30-21)29-13-18(26)16-11-10-14-6-2-3-7-15(14)12-16/h2-12H,13H2,1H3,(H,23,24,27). The summed E-state index contributed by atoms with van der Waals surface area (Å²) >= 11 is 2.52. The Bertz CT molecular complexity index is 1220. The molecule has 1 aromatic heterocycles. The van der Waals surface area contributed by atoms with Crippen molar-refractivity contribution in [1.82, 2.24) is 10.2 Å². The predicted octanol–water partition coefficient (Wildman–Crippen LogP) is 4.93. The molecule has 1 heterocycles. The van der Waals surface area contributed by atoms with Crippen molar-refractivity contribution < 1.29 is 14.3 Å². The number of carbonyl (C=O) groups excluding carboxylic acids is 2. The number of amides is 1. The first-order valence-electron chi connectivity index (χ1n) is 9.07. The van der Waals surface area contributed by atoms with Gasteiger partial charge in [0.1, 0.15) is 5.75 Å². The summed E-state index contributed by atoms with van der Waals surface area (Å²) in [6.07, 6.45) is 0. The molecule has 0 fully saturated rings. The van der Waals surface area contributed by atoms with Gasteiger partial charge in [-0.25, -0.2) is 0 Å². The first-order chi connectivity index (χ1) is 14.6. The van der Waals surface area contributed by atoms with Crippen LogP contribution in [0.2, 0.25) is 0 Å². The fourth-order valence-corrected chi connectivity index (χ4v) is 4.53. The molecule has 0 saturated heterocycles. The highest BCUT2D eigenvalue weighted by atomic mass is 32.2. The molecule has 0 radical (unpaired) electrons. The summed E-state index contributed by atoms with van der Waals surface area (Å²) in [4.78, 5) is 25.0. The number of methoxy groups -OCH3 is 1. The van der Waals surface area contributed by atoms with E-state index in [4.69, 9.17) is 4.74 Å². The fourth-order valence-electron chi connectivity index (χ4n) is 2.89. The van der Waals surface area contributed by atoms with E-state index in [0.29, 0.717) is 26.3 Å². The average molecular weight is 436 g/mol. The summed E-state index contributed by atoms with van der Waals surface area (Å²) < 4.78 is 5.82. The quantitative estimate of drug-likeness (QED) is 0.252. The van der Waals surface area contributed by atoms with Crippen molar-refractivity contribution in [3.8, 4) is 5.75 Å². The van der Waals surface area contributed by atoms with E-state index >= 15 is 0 Å². The minimum absolute atomic E-state index is 0.0144. The number of thioether (sulfide) groups is 1. The number of nitrogens with one attached hydrogen (secondary N) is 1. The van der Waals surface area contributed by atoms with Crippen LogP contribution in [0.5, 0.6) is 5.75 Å². The lowest BCUT2D eigenvalue weighted by Crippen LogP contribution is -2.12. The van der Waals surface area contributed by atoms with E-state index in [2.05, 4.69) is 15.5 Å². The number of nitrogens with zero attached hydrogens (tertiary/aromatic N) is 2. The molecule has 0 aliphatic rings. The van der Waals surface area contributed by atoms with Crippen molar-refractivity contribution in [2.45, 2.75) is 4.34 Å². The Morgan fingerprint density at radius 1 is 1.00 bits per heavy atom. The number of fused-ring (bicyclic) bond motifs is 1. The van der Waals surface area contributed by atoms with Crippen molar-refractivity contribution in [2.75, 3.05) is 18.2 Å². The molecule has 150 valence electrons. The van der Waals surface area contributed by atoms with Crippen molar-refractivity contribution in [1.29, 1.82) is 0 Å². The van der Waals surface area contributed by atoms with Crippen LogP contribution in [0.25, 0.3) is 10.8 Å². The number of carbonyl (C=O) groups is 2. The number of para-hydroxylation sites is 1. The Kier molecular flexibility index (Phi) is 6.06. The predicted molar refractivity (Wildman–Crippen MR) is 120 cm³/mol. The molecule has 0 aliphatic carbocycles. The molecule has 1 N–H and O–H groups in total. The van der Waals surface area contributed by atoms with Gasteiger partial charge in [-0.15, -0.1) is 10.2 Å². The lowest BCUT2D eigenvalue weighted by Gasteiger charge is -2.06. The molecule has 1 amide bonds. The third kappa shape index (κ3) is 4.50. The van der Waals surface area contributed by atoms with Crippen LogP contribution in [0.3, 0.4) is 0 Å². The zero-order chi connectivity index (χ0) is 20.9. The molecule has 0 unspecified atom stereocenters. The molecule has 6 nitrogen and oxygen atoms in total. The second-order valence-electron chi connectivity index (χ2n) is 6.30.